The van der Waals surface area contributed by atoms with Gasteiger partial charge in [-0.3, -0.25) is 4.99 Å². The molecule has 0 aliphatic rings. The lowest BCUT2D eigenvalue weighted by Crippen LogP contribution is -2.05. The molecule has 1 nitrogen and oxygen atoms in total. The number of unbranched alkanes of at least 4 members (excludes halogenated alkanes) is 15. The molecular formula is C31H46F5NS. The second kappa shape index (κ2) is 15.0. The Kier molecular flexibility index (Phi) is 12.8. The van der Waals surface area contributed by atoms with Crippen molar-refractivity contribution >= 4 is 22.1 Å². The van der Waals surface area contributed by atoms with Crippen LogP contribution in [0.5, 0.6) is 0 Å². The fourth-order valence-corrected chi connectivity index (χ4v) is 5.28. The predicted octanol–water partition coefficient (Wildman–Crippen LogP) is 12.9. The van der Waals surface area contributed by atoms with Crippen molar-refractivity contribution in [3.05, 3.63) is 59.7 Å². The maximum Gasteiger partial charge on any atom is 0.310 e. The Labute approximate surface area is 227 Å². The number of hydrogen-bond acceptors (Lipinski definition) is 1. The molecule has 0 radical (unpaired) electrons. The van der Waals surface area contributed by atoms with Crippen LogP contribution in [0.2, 0.25) is 0 Å². The lowest BCUT2D eigenvalue weighted by molar-refractivity contribution is 0.364. The lowest BCUT2D eigenvalue weighted by atomic mass is 10.0. The number of aliphatic imine (C=N–C) groups is 1. The number of benzene rings is 2. The van der Waals surface area contributed by atoms with Crippen molar-refractivity contribution in [2.24, 2.45) is 4.99 Å². The molecular weight excluding hydrogens is 513 g/mol. The van der Waals surface area contributed by atoms with E-state index in [2.05, 4.69) is 11.9 Å². The van der Waals surface area contributed by atoms with E-state index in [1.165, 1.54) is 114 Å². The van der Waals surface area contributed by atoms with Gasteiger partial charge in [0, 0.05) is 6.21 Å². The summed E-state index contributed by atoms with van der Waals surface area (Å²) in [5, 5.41) is 0. The van der Waals surface area contributed by atoms with E-state index in [0.29, 0.717) is 17.7 Å². The quantitative estimate of drug-likeness (QED) is 0.0869. The summed E-state index contributed by atoms with van der Waals surface area (Å²) in [5.41, 5.74) is 1.75. The fraction of sp³-hybridized carbons (Fsp3) is 0.581. The van der Waals surface area contributed by atoms with Crippen LogP contribution in [0, 0.1) is 0 Å². The molecule has 7 heteroatoms. The molecule has 0 amide bonds. The van der Waals surface area contributed by atoms with Gasteiger partial charge in [-0.2, -0.15) is 0 Å². The highest BCUT2D eigenvalue weighted by atomic mass is 32.5. The van der Waals surface area contributed by atoms with Crippen LogP contribution in [0.25, 0.3) is 0 Å². The summed E-state index contributed by atoms with van der Waals surface area (Å²) in [6, 6.07) is 10.7. The molecule has 0 aliphatic carbocycles. The van der Waals surface area contributed by atoms with E-state index in [9.17, 15) is 19.4 Å². The first-order chi connectivity index (χ1) is 18.0. The largest absolute Gasteiger partial charge is 0.310 e. The molecule has 0 aromatic heterocycles. The number of halogens is 5. The van der Waals surface area contributed by atoms with Gasteiger partial charge in [-0.1, -0.05) is 153 Å². The van der Waals surface area contributed by atoms with Crippen molar-refractivity contribution in [1.82, 2.24) is 0 Å². The highest BCUT2D eigenvalue weighted by molar-refractivity contribution is 8.45. The van der Waals surface area contributed by atoms with Gasteiger partial charge in [0.25, 0.3) is 0 Å². The van der Waals surface area contributed by atoms with Gasteiger partial charge in [0.1, 0.15) is 4.90 Å². The smallest absolute Gasteiger partial charge is 0.256 e. The van der Waals surface area contributed by atoms with Crippen LogP contribution >= 0.6 is 10.2 Å². The molecule has 2 aromatic rings. The first kappa shape index (κ1) is 32.3. The Morgan fingerprint density at radius 1 is 0.605 bits per heavy atom. The maximum atomic E-state index is 13.0. The first-order valence-electron chi connectivity index (χ1n) is 14.4. The Morgan fingerprint density at radius 3 is 1.55 bits per heavy atom. The molecule has 2 rings (SSSR count). The van der Waals surface area contributed by atoms with Gasteiger partial charge < -0.3 is 0 Å². The molecule has 0 aliphatic heterocycles. The molecule has 0 saturated heterocycles. The van der Waals surface area contributed by atoms with Crippen LogP contribution in [0.1, 0.15) is 121 Å². The van der Waals surface area contributed by atoms with Crippen molar-refractivity contribution in [3.63, 3.8) is 0 Å². The number of aryl methyl sites for hydroxylation is 1. The molecule has 38 heavy (non-hydrogen) atoms. The van der Waals surface area contributed by atoms with Gasteiger partial charge in [-0.25, -0.2) is 0 Å². The zero-order chi connectivity index (χ0) is 27.8. The molecule has 0 fully saturated rings. The van der Waals surface area contributed by atoms with Gasteiger partial charge >= 0.3 is 10.2 Å². The van der Waals surface area contributed by atoms with E-state index in [1.807, 2.05) is 24.3 Å². The van der Waals surface area contributed by atoms with Crippen LogP contribution < -0.4 is 0 Å². The highest BCUT2D eigenvalue weighted by Gasteiger charge is 2.65. The van der Waals surface area contributed by atoms with Crippen LogP contribution in [0.15, 0.2) is 58.4 Å². The molecule has 0 bridgehead atoms. The van der Waals surface area contributed by atoms with E-state index in [-0.39, 0.29) is 5.69 Å². The summed E-state index contributed by atoms with van der Waals surface area (Å²) in [4.78, 5) is 2.03. The summed E-state index contributed by atoms with van der Waals surface area (Å²) < 4.78 is 64.9. The third-order valence-corrected chi connectivity index (χ3v) is 8.07. The summed E-state index contributed by atoms with van der Waals surface area (Å²) >= 11 is 0. The Morgan fingerprint density at radius 2 is 1.08 bits per heavy atom. The molecule has 2 aromatic carbocycles. The molecule has 0 spiro atoms. The van der Waals surface area contributed by atoms with Crippen LogP contribution in [-0.2, 0) is 6.42 Å². The topological polar surface area (TPSA) is 12.4 Å². The number of hydrogen-bond donors (Lipinski definition) is 0. The van der Waals surface area contributed by atoms with E-state index in [0.717, 1.165) is 18.9 Å². The maximum absolute atomic E-state index is 13.0. The average Bonchev–Trinajstić information content (AvgIpc) is 2.87. The number of rotatable bonds is 20. The normalized spacial score (nSPS) is 14.1. The Balaban J connectivity index is 1.54. The van der Waals surface area contributed by atoms with Crippen LogP contribution in [0.3, 0.4) is 0 Å². The Hall–Kier alpha value is -1.89. The molecule has 0 atom stereocenters. The van der Waals surface area contributed by atoms with Crippen molar-refractivity contribution in [3.8, 4) is 0 Å². The SMILES string of the molecule is CCCCCCCCCCCCCCCCCCc1ccc(C=Nc2cccc(S(F)(F)(F)(F)F)c2)cc1. The van der Waals surface area contributed by atoms with E-state index in [1.54, 1.807) is 0 Å². The van der Waals surface area contributed by atoms with Crippen molar-refractivity contribution < 1.29 is 19.4 Å². The Bertz CT molecular complexity index is 955. The lowest BCUT2D eigenvalue weighted by Gasteiger charge is -2.40. The minimum absolute atomic E-state index is 0.159. The second-order valence-electron chi connectivity index (χ2n) is 10.5. The summed E-state index contributed by atoms with van der Waals surface area (Å²) in [6.07, 6.45) is 23.9. The van der Waals surface area contributed by atoms with Gasteiger partial charge in [0.05, 0.1) is 5.69 Å². The molecule has 0 N–H and O–H groups in total. The monoisotopic (exact) mass is 559 g/mol. The van der Waals surface area contributed by atoms with Crippen molar-refractivity contribution in [2.45, 2.75) is 121 Å². The summed E-state index contributed by atoms with van der Waals surface area (Å²) in [7, 11) is -9.70. The third kappa shape index (κ3) is 14.3. The second-order valence-corrected chi connectivity index (χ2v) is 12.9. The van der Waals surface area contributed by atoms with Gasteiger partial charge in [-0.15, -0.1) is 0 Å². The van der Waals surface area contributed by atoms with Crippen molar-refractivity contribution in [2.75, 3.05) is 0 Å². The first-order valence-corrected chi connectivity index (χ1v) is 16.4. The van der Waals surface area contributed by atoms with Crippen LogP contribution in [0.4, 0.5) is 25.1 Å². The summed E-state index contributed by atoms with van der Waals surface area (Å²) in [6.45, 7) is 2.26. The molecule has 0 saturated carbocycles. The fourth-order valence-electron chi connectivity index (χ4n) is 4.60. The third-order valence-electron chi connectivity index (χ3n) is 6.92. The number of nitrogens with zero attached hydrogens (tertiary/aromatic N) is 1. The van der Waals surface area contributed by atoms with Gasteiger partial charge in [0.15, 0.2) is 0 Å². The van der Waals surface area contributed by atoms with E-state index < -0.39 is 15.1 Å². The molecule has 0 heterocycles. The van der Waals surface area contributed by atoms with E-state index in [4.69, 9.17) is 0 Å². The molecule has 216 valence electrons. The standard InChI is InChI=1S/C31H46F5NS/c1-2-3-4-5-6-7-8-9-10-11-12-13-14-15-16-17-19-28-22-24-29(25-23-28)27-37-30-20-18-21-31(26-30)38(32,33,34,35)36/h18,20-27H,2-17,19H2,1H3. The summed E-state index contributed by atoms with van der Waals surface area (Å²) in [5.74, 6) is 0. The van der Waals surface area contributed by atoms with Crippen molar-refractivity contribution in [1.29, 1.82) is 0 Å². The predicted molar refractivity (Wildman–Crippen MR) is 155 cm³/mol. The van der Waals surface area contributed by atoms with Gasteiger partial charge in [-0.05, 0) is 42.2 Å². The highest BCUT2D eigenvalue weighted by Crippen LogP contribution is 3.02. The average molecular weight is 560 g/mol. The van der Waals surface area contributed by atoms with Gasteiger partial charge in [0.2, 0.25) is 0 Å². The minimum Gasteiger partial charge on any atom is -0.256 e. The van der Waals surface area contributed by atoms with Crippen LogP contribution in [-0.4, -0.2) is 6.21 Å². The zero-order valence-electron chi connectivity index (χ0n) is 23.0. The minimum atomic E-state index is -9.70. The van der Waals surface area contributed by atoms with E-state index >= 15 is 0 Å². The molecule has 0 unspecified atom stereocenters. The zero-order valence-corrected chi connectivity index (χ0v) is 23.8.